The lowest BCUT2D eigenvalue weighted by Crippen LogP contribution is -2.36. The second-order valence-electron chi connectivity index (χ2n) is 4.74. The molecule has 3 rings (SSSR count). The highest BCUT2D eigenvalue weighted by Crippen LogP contribution is 2.30. The van der Waals surface area contributed by atoms with Gasteiger partial charge in [0.25, 0.3) is 0 Å². The zero-order valence-electron chi connectivity index (χ0n) is 10.2. The van der Waals surface area contributed by atoms with Crippen LogP contribution in [0, 0.1) is 0 Å². The summed E-state index contributed by atoms with van der Waals surface area (Å²) in [5.41, 5.74) is 9.08. The summed E-state index contributed by atoms with van der Waals surface area (Å²) >= 11 is 3.43. The van der Waals surface area contributed by atoms with E-state index in [0.717, 1.165) is 34.2 Å². The average molecular weight is 307 g/mol. The van der Waals surface area contributed by atoms with Crippen molar-refractivity contribution in [3.63, 3.8) is 0 Å². The molecule has 3 heterocycles. The first kappa shape index (κ1) is 11.9. The fraction of sp³-hybridized carbons (Fsp3) is 0.385. The van der Waals surface area contributed by atoms with Crippen LogP contribution in [0.3, 0.4) is 0 Å². The zero-order chi connectivity index (χ0) is 12.7. The normalized spacial score (nSPS) is 23.8. The summed E-state index contributed by atoms with van der Waals surface area (Å²) in [5.74, 6) is 0. The van der Waals surface area contributed by atoms with Crippen LogP contribution in [0.1, 0.15) is 13.3 Å². The highest BCUT2D eigenvalue weighted by atomic mass is 79.9. The summed E-state index contributed by atoms with van der Waals surface area (Å²) in [6.45, 7) is 3.15. The van der Waals surface area contributed by atoms with Gasteiger partial charge in [-0.2, -0.15) is 0 Å². The minimum atomic E-state index is 0.240. The number of anilines is 1. The first-order valence-electron chi connectivity index (χ1n) is 6.09. The van der Waals surface area contributed by atoms with Gasteiger partial charge in [-0.15, -0.1) is 0 Å². The van der Waals surface area contributed by atoms with Crippen molar-refractivity contribution >= 4 is 32.7 Å². The van der Waals surface area contributed by atoms with Crippen LogP contribution < -0.4 is 10.6 Å². The molecule has 2 atom stereocenters. The molecule has 0 spiro atoms. The van der Waals surface area contributed by atoms with E-state index in [-0.39, 0.29) is 6.04 Å². The van der Waals surface area contributed by atoms with Gasteiger partial charge in [-0.3, -0.25) is 9.97 Å². The Balaban J connectivity index is 2.12. The van der Waals surface area contributed by atoms with Crippen molar-refractivity contribution in [2.45, 2.75) is 25.4 Å². The summed E-state index contributed by atoms with van der Waals surface area (Å²) in [5, 5.41) is 0. The van der Waals surface area contributed by atoms with Gasteiger partial charge in [0.1, 0.15) is 5.52 Å². The lowest BCUT2D eigenvalue weighted by Gasteiger charge is -2.26. The van der Waals surface area contributed by atoms with Gasteiger partial charge in [-0.1, -0.05) is 0 Å². The predicted molar refractivity (Wildman–Crippen MR) is 76.6 cm³/mol. The molecule has 0 bridgehead atoms. The van der Waals surface area contributed by atoms with Crippen LogP contribution >= 0.6 is 15.9 Å². The third-order valence-electron chi connectivity index (χ3n) is 3.65. The van der Waals surface area contributed by atoms with E-state index in [4.69, 9.17) is 5.73 Å². The van der Waals surface area contributed by atoms with E-state index in [1.54, 1.807) is 0 Å². The van der Waals surface area contributed by atoms with Crippen LogP contribution in [0.4, 0.5) is 5.69 Å². The van der Waals surface area contributed by atoms with E-state index < -0.39 is 0 Å². The Kier molecular flexibility index (Phi) is 2.95. The van der Waals surface area contributed by atoms with Gasteiger partial charge in [0.05, 0.1) is 11.2 Å². The van der Waals surface area contributed by atoms with Crippen molar-refractivity contribution in [2.24, 2.45) is 5.73 Å². The number of hydrogen-bond donors (Lipinski definition) is 1. The third kappa shape index (κ3) is 1.87. The first-order chi connectivity index (χ1) is 8.66. The molecule has 1 fully saturated rings. The maximum absolute atomic E-state index is 6.09. The minimum absolute atomic E-state index is 0.240. The fourth-order valence-electron chi connectivity index (χ4n) is 2.53. The summed E-state index contributed by atoms with van der Waals surface area (Å²) in [6.07, 6.45) is 4.68. The van der Waals surface area contributed by atoms with E-state index in [1.807, 2.05) is 24.5 Å². The Morgan fingerprint density at radius 1 is 1.44 bits per heavy atom. The number of fused-ring (bicyclic) bond motifs is 1. The smallest absolute Gasteiger partial charge is 0.112 e. The molecular formula is C13H15BrN4. The van der Waals surface area contributed by atoms with Crippen molar-refractivity contribution in [3.8, 4) is 0 Å². The Labute approximate surface area is 114 Å². The molecule has 1 aliphatic rings. The second-order valence-corrected chi connectivity index (χ2v) is 5.65. The van der Waals surface area contributed by atoms with Gasteiger partial charge in [-0.25, -0.2) is 0 Å². The number of pyridine rings is 2. The Morgan fingerprint density at radius 3 is 3.00 bits per heavy atom. The first-order valence-corrected chi connectivity index (χ1v) is 6.88. The summed E-state index contributed by atoms with van der Waals surface area (Å²) in [4.78, 5) is 11.2. The Bertz CT molecular complexity index is 586. The molecule has 0 aromatic carbocycles. The maximum Gasteiger partial charge on any atom is 0.112 e. The highest BCUT2D eigenvalue weighted by Gasteiger charge is 2.29. The minimum Gasteiger partial charge on any atom is -0.365 e. The lowest BCUT2D eigenvalue weighted by molar-refractivity contribution is 0.625. The molecular weight excluding hydrogens is 292 g/mol. The predicted octanol–water partition coefficient (Wildman–Crippen LogP) is 2.32. The molecule has 2 aromatic heterocycles. The van der Waals surface area contributed by atoms with Gasteiger partial charge in [0.15, 0.2) is 0 Å². The van der Waals surface area contributed by atoms with Crippen LogP contribution in [0.5, 0.6) is 0 Å². The third-order valence-corrected chi connectivity index (χ3v) is 4.08. The molecule has 2 aromatic rings. The summed E-state index contributed by atoms with van der Waals surface area (Å²) in [6, 6.07) is 4.61. The number of halogens is 1. The van der Waals surface area contributed by atoms with Crippen molar-refractivity contribution in [1.29, 1.82) is 0 Å². The topological polar surface area (TPSA) is 55.0 Å². The van der Waals surface area contributed by atoms with Gasteiger partial charge in [0, 0.05) is 35.5 Å². The van der Waals surface area contributed by atoms with E-state index in [1.165, 1.54) is 0 Å². The molecule has 1 aliphatic heterocycles. The van der Waals surface area contributed by atoms with Crippen LogP contribution in [0.25, 0.3) is 11.0 Å². The SMILES string of the molecule is CC1C(N)CCN1c1ccnc2cc(Br)cnc12. The standard InChI is InChI=1S/C13H15BrN4/c1-8-10(15)3-5-18(8)12-2-4-16-11-6-9(14)7-17-13(11)12/h2,4,6-8,10H,3,5,15H2,1H3. The monoisotopic (exact) mass is 306 g/mol. The van der Waals surface area contributed by atoms with Gasteiger partial charge < -0.3 is 10.6 Å². The van der Waals surface area contributed by atoms with E-state index >= 15 is 0 Å². The number of rotatable bonds is 1. The molecule has 2 unspecified atom stereocenters. The number of hydrogen-bond acceptors (Lipinski definition) is 4. The molecule has 0 aliphatic carbocycles. The van der Waals surface area contributed by atoms with E-state index in [2.05, 4.69) is 37.7 Å². The lowest BCUT2D eigenvalue weighted by atomic mass is 10.1. The summed E-state index contributed by atoms with van der Waals surface area (Å²) in [7, 11) is 0. The van der Waals surface area contributed by atoms with Crippen molar-refractivity contribution in [2.75, 3.05) is 11.4 Å². The van der Waals surface area contributed by atoms with Crippen molar-refractivity contribution in [1.82, 2.24) is 9.97 Å². The van der Waals surface area contributed by atoms with Gasteiger partial charge in [-0.05, 0) is 41.4 Å². The molecule has 0 amide bonds. The van der Waals surface area contributed by atoms with Crippen LogP contribution in [-0.2, 0) is 0 Å². The van der Waals surface area contributed by atoms with E-state index in [9.17, 15) is 0 Å². The number of nitrogens with two attached hydrogens (primary N) is 1. The maximum atomic E-state index is 6.09. The Morgan fingerprint density at radius 2 is 2.28 bits per heavy atom. The molecule has 94 valence electrons. The van der Waals surface area contributed by atoms with Crippen LogP contribution in [0.2, 0.25) is 0 Å². The number of nitrogens with zero attached hydrogens (tertiary/aromatic N) is 3. The average Bonchev–Trinajstić information content (AvgIpc) is 2.69. The fourth-order valence-corrected chi connectivity index (χ4v) is 2.85. The van der Waals surface area contributed by atoms with E-state index in [0.29, 0.717) is 6.04 Å². The number of aromatic nitrogens is 2. The summed E-state index contributed by atoms with van der Waals surface area (Å²) < 4.78 is 0.950. The van der Waals surface area contributed by atoms with Crippen LogP contribution in [-0.4, -0.2) is 28.6 Å². The molecule has 5 heteroatoms. The van der Waals surface area contributed by atoms with Gasteiger partial charge in [0.2, 0.25) is 0 Å². The molecule has 2 N–H and O–H groups in total. The van der Waals surface area contributed by atoms with Gasteiger partial charge >= 0.3 is 0 Å². The molecule has 1 saturated heterocycles. The van der Waals surface area contributed by atoms with Crippen molar-refractivity contribution < 1.29 is 0 Å². The highest BCUT2D eigenvalue weighted by molar-refractivity contribution is 9.10. The largest absolute Gasteiger partial charge is 0.365 e. The molecule has 0 radical (unpaired) electrons. The molecule has 4 nitrogen and oxygen atoms in total. The quantitative estimate of drug-likeness (QED) is 0.878. The molecule has 18 heavy (non-hydrogen) atoms. The van der Waals surface area contributed by atoms with Crippen LogP contribution in [0.15, 0.2) is 29.0 Å². The second kappa shape index (κ2) is 4.48. The zero-order valence-corrected chi connectivity index (χ0v) is 11.8. The Hall–Kier alpha value is -1.20. The van der Waals surface area contributed by atoms with Crippen molar-refractivity contribution in [3.05, 3.63) is 29.0 Å². The molecule has 0 saturated carbocycles.